The van der Waals surface area contributed by atoms with Crippen LogP contribution in [0.15, 0.2) is 66.4 Å². The van der Waals surface area contributed by atoms with E-state index in [1.165, 1.54) is 6.07 Å². The van der Waals surface area contributed by atoms with Crippen molar-refractivity contribution in [3.05, 3.63) is 93.7 Å². The lowest BCUT2D eigenvalue weighted by molar-refractivity contribution is -0.133. The van der Waals surface area contributed by atoms with Crippen molar-refractivity contribution >= 4 is 29.4 Å². The molecule has 0 amide bonds. The van der Waals surface area contributed by atoms with Crippen molar-refractivity contribution in [1.82, 2.24) is 0 Å². The molecule has 160 valence electrons. The predicted molar refractivity (Wildman–Crippen MR) is 117 cm³/mol. The van der Waals surface area contributed by atoms with Crippen LogP contribution in [0.25, 0.3) is 6.08 Å². The van der Waals surface area contributed by atoms with Crippen LogP contribution in [0.2, 0.25) is 5.02 Å². The molecule has 0 N–H and O–H groups in total. The normalized spacial score (nSPS) is 15.5. The number of Topliss-reactive ketones (excluding diaryl/α,β-unsaturated/α-hetero) is 1. The van der Waals surface area contributed by atoms with Crippen LogP contribution >= 0.6 is 11.6 Å². The van der Waals surface area contributed by atoms with E-state index in [2.05, 4.69) is 0 Å². The average molecular weight is 449 g/mol. The van der Waals surface area contributed by atoms with Crippen molar-refractivity contribution in [3.63, 3.8) is 0 Å². The van der Waals surface area contributed by atoms with Gasteiger partial charge in [0.2, 0.25) is 5.78 Å². The lowest BCUT2D eigenvalue weighted by atomic mass is 10.1. The van der Waals surface area contributed by atoms with Crippen LogP contribution in [0.5, 0.6) is 17.2 Å². The molecule has 2 heterocycles. The highest BCUT2D eigenvalue weighted by atomic mass is 35.5. The molecular formula is C25H17ClO6. The summed E-state index contributed by atoms with van der Waals surface area (Å²) in [4.78, 5) is 25.1. The van der Waals surface area contributed by atoms with Crippen LogP contribution in [-0.4, -0.2) is 18.5 Å². The summed E-state index contributed by atoms with van der Waals surface area (Å²) >= 11 is 6.21. The Bertz CT molecular complexity index is 1250. The van der Waals surface area contributed by atoms with E-state index in [0.29, 0.717) is 40.0 Å². The molecular weight excluding hydrogens is 432 g/mol. The van der Waals surface area contributed by atoms with Gasteiger partial charge in [-0.3, -0.25) is 9.59 Å². The minimum Gasteiger partial charge on any atom is -0.467 e. The fraction of sp³-hybridized carbons (Fsp3) is 0.120. The molecule has 0 saturated heterocycles. The Balaban J connectivity index is 1.36. The van der Waals surface area contributed by atoms with Gasteiger partial charge in [-0.2, -0.15) is 0 Å². The molecule has 0 fully saturated rings. The monoisotopic (exact) mass is 448 g/mol. The van der Waals surface area contributed by atoms with E-state index < -0.39 is 5.97 Å². The van der Waals surface area contributed by atoms with Crippen molar-refractivity contribution in [1.29, 1.82) is 0 Å². The fourth-order valence-corrected chi connectivity index (χ4v) is 3.87. The number of ether oxygens (including phenoxy) is 4. The first-order valence-electron chi connectivity index (χ1n) is 9.93. The molecule has 0 aromatic heterocycles. The zero-order valence-corrected chi connectivity index (χ0v) is 17.6. The van der Waals surface area contributed by atoms with Crippen molar-refractivity contribution in [2.75, 3.05) is 6.79 Å². The van der Waals surface area contributed by atoms with Crippen LogP contribution in [0, 0.1) is 0 Å². The second kappa shape index (κ2) is 8.49. The summed E-state index contributed by atoms with van der Waals surface area (Å²) in [5.74, 6) is 0.693. The van der Waals surface area contributed by atoms with Gasteiger partial charge in [-0.05, 0) is 35.9 Å². The Morgan fingerprint density at radius 2 is 1.94 bits per heavy atom. The van der Waals surface area contributed by atoms with Crippen LogP contribution in [0.4, 0.5) is 0 Å². The number of fused-ring (bicyclic) bond motifs is 2. The standard InChI is InChI=1S/C25H17ClO6/c26-18-9-16(25-17(10-18)13-29-14-30-25)11-22-24(28)20-7-6-19(12-21(20)32-22)31-23(27)8-15-4-2-1-3-5-15/h1-7,9-12H,8,13-14H2/b22-11-. The molecule has 0 spiro atoms. The van der Waals surface area contributed by atoms with E-state index in [9.17, 15) is 9.59 Å². The van der Waals surface area contributed by atoms with Gasteiger partial charge < -0.3 is 18.9 Å². The van der Waals surface area contributed by atoms with Gasteiger partial charge in [0.1, 0.15) is 17.2 Å². The second-order valence-corrected chi connectivity index (χ2v) is 7.76. The van der Waals surface area contributed by atoms with E-state index in [-0.39, 0.29) is 24.8 Å². The largest absolute Gasteiger partial charge is 0.467 e. The van der Waals surface area contributed by atoms with Gasteiger partial charge in [-0.15, -0.1) is 0 Å². The number of allylic oxidation sites excluding steroid dienone is 1. The molecule has 5 rings (SSSR count). The zero-order valence-electron chi connectivity index (χ0n) is 16.8. The lowest BCUT2D eigenvalue weighted by Gasteiger charge is -2.20. The van der Waals surface area contributed by atoms with Gasteiger partial charge in [0.15, 0.2) is 12.6 Å². The summed E-state index contributed by atoms with van der Waals surface area (Å²) < 4.78 is 22.1. The SMILES string of the molecule is O=C(Cc1ccccc1)Oc1ccc2c(c1)O/C(=C\c1cc(Cl)cc3c1OCOC3)C2=O. The van der Waals surface area contributed by atoms with Crippen molar-refractivity contribution in [2.45, 2.75) is 13.0 Å². The minimum absolute atomic E-state index is 0.123. The maximum Gasteiger partial charge on any atom is 0.315 e. The van der Waals surface area contributed by atoms with Crippen molar-refractivity contribution in [3.8, 4) is 17.2 Å². The maximum absolute atomic E-state index is 12.8. The smallest absolute Gasteiger partial charge is 0.315 e. The second-order valence-electron chi connectivity index (χ2n) is 7.33. The van der Waals surface area contributed by atoms with Gasteiger partial charge in [-0.1, -0.05) is 41.9 Å². The number of carbonyl (C=O) groups is 2. The molecule has 3 aromatic carbocycles. The van der Waals surface area contributed by atoms with Crippen molar-refractivity contribution in [2.24, 2.45) is 0 Å². The highest BCUT2D eigenvalue weighted by molar-refractivity contribution is 6.31. The maximum atomic E-state index is 12.8. The zero-order chi connectivity index (χ0) is 22.1. The molecule has 32 heavy (non-hydrogen) atoms. The number of hydrogen-bond acceptors (Lipinski definition) is 6. The van der Waals surface area contributed by atoms with E-state index in [1.807, 2.05) is 30.3 Å². The topological polar surface area (TPSA) is 71.1 Å². The van der Waals surface area contributed by atoms with E-state index in [1.54, 1.807) is 30.3 Å². The molecule has 7 heteroatoms. The number of carbonyl (C=O) groups excluding carboxylic acids is 2. The van der Waals surface area contributed by atoms with E-state index in [0.717, 1.165) is 11.1 Å². The summed E-state index contributed by atoms with van der Waals surface area (Å²) in [6.45, 7) is 0.496. The van der Waals surface area contributed by atoms with Gasteiger partial charge in [0.05, 0.1) is 18.6 Å². The van der Waals surface area contributed by atoms with Crippen LogP contribution in [0.3, 0.4) is 0 Å². The first-order valence-corrected chi connectivity index (χ1v) is 10.3. The summed E-state index contributed by atoms with van der Waals surface area (Å²) in [5.41, 5.74) is 2.67. The predicted octanol–water partition coefficient (Wildman–Crippen LogP) is 4.97. The molecule has 0 aliphatic carbocycles. The Morgan fingerprint density at radius 3 is 2.78 bits per heavy atom. The minimum atomic E-state index is -0.402. The van der Waals surface area contributed by atoms with Gasteiger partial charge >= 0.3 is 5.97 Å². The van der Waals surface area contributed by atoms with Crippen LogP contribution < -0.4 is 14.2 Å². The van der Waals surface area contributed by atoms with E-state index in [4.69, 9.17) is 30.5 Å². The Kier molecular flexibility index (Phi) is 5.39. The number of ketones is 1. The van der Waals surface area contributed by atoms with Gasteiger partial charge in [0, 0.05) is 22.2 Å². The molecule has 0 atom stereocenters. The van der Waals surface area contributed by atoms with Crippen LogP contribution in [0.1, 0.15) is 27.0 Å². The molecule has 0 saturated carbocycles. The molecule has 0 bridgehead atoms. The number of halogens is 1. The highest BCUT2D eigenvalue weighted by Gasteiger charge is 2.29. The summed E-state index contributed by atoms with van der Waals surface area (Å²) in [5, 5.41) is 0.500. The third-order valence-electron chi connectivity index (χ3n) is 5.05. The third kappa shape index (κ3) is 4.10. The summed E-state index contributed by atoms with van der Waals surface area (Å²) in [7, 11) is 0. The van der Waals surface area contributed by atoms with Crippen molar-refractivity contribution < 1.29 is 28.5 Å². The Labute approximate surface area is 188 Å². The molecule has 0 unspecified atom stereocenters. The van der Waals surface area contributed by atoms with Gasteiger partial charge in [0.25, 0.3) is 0 Å². The molecule has 3 aromatic rings. The Morgan fingerprint density at radius 1 is 1.09 bits per heavy atom. The third-order valence-corrected chi connectivity index (χ3v) is 5.27. The molecule has 2 aliphatic rings. The lowest BCUT2D eigenvalue weighted by Crippen LogP contribution is -2.12. The van der Waals surface area contributed by atoms with Crippen LogP contribution in [-0.2, 0) is 22.6 Å². The quantitative estimate of drug-likeness (QED) is 0.319. The number of hydrogen-bond donors (Lipinski definition) is 0. The first kappa shape index (κ1) is 20.3. The average Bonchev–Trinajstić information content (AvgIpc) is 3.09. The highest BCUT2D eigenvalue weighted by Crippen LogP contribution is 2.38. The molecule has 6 nitrogen and oxygen atoms in total. The Hall–Kier alpha value is -3.61. The fourth-order valence-electron chi connectivity index (χ4n) is 3.62. The summed E-state index contributed by atoms with van der Waals surface area (Å²) in [6.07, 6.45) is 1.74. The number of benzene rings is 3. The van der Waals surface area contributed by atoms with Gasteiger partial charge in [-0.25, -0.2) is 0 Å². The molecule has 2 aliphatic heterocycles. The van der Waals surface area contributed by atoms with E-state index >= 15 is 0 Å². The molecule has 0 radical (unpaired) electrons. The number of esters is 1. The summed E-state index contributed by atoms with van der Waals surface area (Å²) in [6, 6.07) is 17.5. The first-order chi connectivity index (χ1) is 15.6. The number of rotatable bonds is 4.